The van der Waals surface area contributed by atoms with Gasteiger partial charge in [0.15, 0.2) is 0 Å². The van der Waals surface area contributed by atoms with Crippen LogP contribution in [0.15, 0.2) is 18.2 Å². The number of benzene rings is 1. The maximum atomic E-state index is 12.3. The molecule has 1 N–H and O–H groups in total. The van der Waals surface area contributed by atoms with Gasteiger partial charge < -0.3 is 10.2 Å². The first-order chi connectivity index (χ1) is 10.4. The Kier molecular flexibility index (Phi) is 5.70. The highest BCUT2D eigenvalue weighted by molar-refractivity contribution is 6.35. The number of halogens is 2. The van der Waals surface area contributed by atoms with Gasteiger partial charge in [0.2, 0.25) is 11.8 Å². The van der Waals surface area contributed by atoms with Gasteiger partial charge >= 0.3 is 0 Å². The molecule has 1 heterocycles. The van der Waals surface area contributed by atoms with Crippen molar-refractivity contribution in [1.29, 1.82) is 0 Å². The molecule has 2 rings (SSSR count). The van der Waals surface area contributed by atoms with E-state index in [2.05, 4.69) is 5.32 Å². The third-order valence-corrected chi connectivity index (χ3v) is 4.42. The van der Waals surface area contributed by atoms with Crippen LogP contribution in [0.25, 0.3) is 0 Å². The van der Waals surface area contributed by atoms with Crippen molar-refractivity contribution in [3.05, 3.63) is 28.2 Å². The first-order valence-corrected chi connectivity index (χ1v) is 8.18. The Morgan fingerprint density at radius 3 is 2.45 bits per heavy atom. The number of carbonyl (C=O) groups is 2. The first kappa shape index (κ1) is 17.1. The molecule has 4 nitrogen and oxygen atoms in total. The van der Waals surface area contributed by atoms with E-state index in [0.29, 0.717) is 41.7 Å². The minimum absolute atomic E-state index is 0.00403. The highest BCUT2D eigenvalue weighted by Gasteiger charge is 2.28. The van der Waals surface area contributed by atoms with Crippen molar-refractivity contribution in [2.45, 2.75) is 26.7 Å². The predicted octanol–water partition coefficient (Wildman–Crippen LogP) is 3.83. The van der Waals surface area contributed by atoms with E-state index in [1.807, 2.05) is 18.7 Å². The maximum absolute atomic E-state index is 12.3. The van der Waals surface area contributed by atoms with Crippen LogP contribution in [-0.4, -0.2) is 29.8 Å². The largest absolute Gasteiger partial charge is 0.342 e. The summed E-state index contributed by atoms with van der Waals surface area (Å²) in [7, 11) is 0. The number of piperidine rings is 1. The molecule has 0 aliphatic carbocycles. The van der Waals surface area contributed by atoms with Gasteiger partial charge in [-0.05, 0) is 31.0 Å². The van der Waals surface area contributed by atoms with Gasteiger partial charge in [0.25, 0.3) is 0 Å². The average molecular weight is 343 g/mol. The Morgan fingerprint density at radius 1 is 1.23 bits per heavy atom. The lowest BCUT2D eigenvalue weighted by Crippen LogP contribution is -2.43. The summed E-state index contributed by atoms with van der Waals surface area (Å²) < 4.78 is 0. The zero-order valence-electron chi connectivity index (χ0n) is 12.7. The molecular formula is C16H20Cl2N2O2. The summed E-state index contributed by atoms with van der Waals surface area (Å²) in [4.78, 5) is 26.1. The molecule has 0 bridgehead atoms. The second-order valence-corrected chi connectivity index (χ2v) is 6.71. The van der Waals surface area contributed by atoms with E-state index in [9.17, 15) is 9.59 Å². The van der Waals surface area contributed by atoms with Crippen molar-refractivity contribution in [2.75, 3.05) is 18.4 Å². The van der Waals surface area contributed by atoms with E-state index < -0.39 is 0 Å². The molecule has 2 amide bonds. The number of amides is 2. The lowest BCUT2D eigenvalue weighted by atomic mass is 9.95. The Labute approximate surface area is 140 Å². The van der Waals surface area contributed by atoms with Crippen molar-refractivity contribution in [2.24, 2.45) is 11.8 Å². The third kappa shape index (κ3) is 4.14. The van der Waals surface area contributed by atoms with Gasteiger partial charge in [-0.15, -0.1) is 0 Å². The number of hydrogen-bond acceptors (Lipinski definition) is 2. The second kappa shape index (κ2) is 7.34. The fourth-order valence-electron chi connectivity index (χ4n) is 2.56. The normalized spacial score (nSPS) is 16.0. The molecule has 1 aromatic rings. The molecule has 0 unspecified atom stereocenters. The standard InChI is InChI=1S/C16H20Cl2N2O2/c1-10(2)16(22)20-7-5-11(6-8-20)15(21)19-14-9-12(17)3-4-13(14)18/h3-4,9-11H,5-8H2,1-2H3,(H,19,21). The number of anilines is 1. The molecule has 0 radical (unpaired) electrons. The van der Waals surface area contributed by atoms with E-state index in [4.69, 9.17) is 23.2 Å². The van der Waals surface area contributed by atoms with Crippen molar-refractivity contribution < 1.29 is 9.59 Å². The zero-order valence-corrected chi connectivity index (χ0v) is 14.2. The van der Waals surface area contributed by atoms with Crippen molar-refractivity contribution in [3.8, 4) is 0 Å². The van der Waals surface area contributed by atoms with E-state index >= 15 is 0 Å². The molecule has 1 fully saturated rings. The highest BCUT2D eigenvalue weighted by Crippen LogP contribution is 2.27. The van der Waals surface area contributed by atoms with Crippen molar-refractivity contribution in [1.82, 2.24) is 4.90 Å². The summed E-state index contributed by atoms with van der Waals surface area (Å²) in [5.41, 5.74) is 0.528. The van der Waals surface area contributed by atoms with Crippen LogP contribution in [0.3, 0.4) is 0 Å². The van der Waals surface area contributed by atoms with Gasteiger partial charge in [0.05, 0.1) is 10.7 Å². The van der Waals surface area contributed by atoms with Gasteiger partial charge in [-0.3, -0.25) is 9.59 Å². The summed E-state index contributed by atoms with van der Waals surface area (Å²) in [5.74, 6) is -0.0283. The lowest BCUT2D eigenvalue weighted by Gasteiger charge is -2.32. The molecule has 0 saturated carbocycles. The molecule has 1 saturated heterocycles. The van der Waals surface area contributed by atoms with Crippen LogP contribution in [0, 0.1) is 11.8 Å². The van der Waals surface area contributed by atoms with Gasteiger partial charge in [0, 0.05) is 29.9 Å². The van der Waals surface area contributed by atoms with Gasteiger partial charge in [0.1, 0.15) is 0 Å². The van der Waals surface area contributed by atoms with Crippen molar-refractivity contribution in [3.63, 3.8) is 0 Å². The fraction of sp³-hybridized carbons (Fsp3) is 0.500. The fourth-order valence-corrected chi connectivity index (χ4v) is 2.89. The SMILES string of the molecule is CC(C)C(=O)N1CCC(C(=O)Nc2cc(Cl)ccc2Cl)CC1. The van der Waals surface area contributed by atoms with Gasteiger partial charge in [-0.1, -0.05) is 37.0 Å². The van der Waals surface area contributed by atoms with E-state index in [-0.39, 0.29) is 23.7 Å². The van der Waals surface area contributed by atoms with Gasteiger partial charge in [-0.2, -0.15) is 0 Å². The molecule has 120 valence electrons. The van der Waals surface area contributed by atoms with E-state index in [1.54, 1.807) is 18.2 Å². The summed E-state index contributed by atoms with van der Waals surface area (Å²) in [6.07, 6.45) is 1.34. The first-order valence-electron chi connectivity index (χ1n) is 7.43. The third-order valence-electron chi connectivity index (χ3n) is 3.86. The van der Waals surface area contributed by atoms with Crippen molar-refractivity contribution >= 4 is 40.7 Å². The average Bonchev–Trinajstić information content (AvgIpc) is 2.50. The molecule has 0 aromatic heterocycles. The Morgan fingerprint density at radius 2 is 1.86 bits per heavy atom. The van der Waals surface area contributed by atoms with Crippen LogP contribution in [0.2, 0.25) is 10.0 Å². The number of likely N-dealkylation sites (tertiary alicyclic amines) is 1. The number of carbonyl (C=O) groups excluding carboxylic acids is 2. The molecular weight excluding hydrogens is 323 g/mol. The van der Waals surface area contributed by atoms with Crippen LogP contribution >= 0.6 is 23.2 Å². The van der Waals surface area contributed by atoms with Crippen LogP contribution in [0.4, 0.5) is 5.69 Å². The molecule has 0 spiro atoms. The quantitative estimate of drug-likeness (QED) is 0.907. The molecule has 22 heavy (non-hydrogen) atoms. The van der Waals surface area contributed by atoms with Crippen LogP contribution in [0.5, 0.6) is 0 Å². The summed E-state index contributed by atoms with van der Waals surface area (Å²) in [6.45, 7) is 5.03. The molecule has 1 aromatic carbocycles. The maximum Gasteiger partial charge on any atom is 0.227 e. The molecule has 1 aliphatic heterocycles. The number of rotatable bonds is 3. The number of hydrogen-bond donors (Lipinski definition) is 1. The number of nitrogens with one attached hydrogen (secondary N) is 1. The predicted molar refractivity (Wildman–Crippen MR) is 89.2 cm³/mol. The van der Waals surface area contributed by atoms with E-state index in [0.717, 1.165) is 0 Å². The van der Waals surface area contributed by atoms with Crippen LogP contribution in [0.1, 0.15) is 26.7 Å². The van der Waals surface area contributed by atoms with Crippen LogP contribution in [-0.2, 0) is 9.59 Å². The minimum Gasteiger partial charge on any atom is -0.342 e. The molecule has 0 atom stereocenters. The van der Waals surface area contributed by atoms with E-state index in [1.165, 1.54) is 0 Å². The minimum atomic E-state index is -0.105. The Hall–Kier alpha value is -1.26. The Balaban J connectivity index is 1.93. The highest BCUT2D eigenvalue weighted by atomic mass is 35.5. The Bertz CT molecular complexity index is 567. The summed E-state index contributed by atoms with van der Waals surface area (Å²) >= 11 is 12.0. The van der Waals surface area contributed by atoms with Crippen LogP contribution < -0.4 is 5.32 Å². The summed E-state index contributed by atoms with van der Waals surface area (Å²) in [6, 6.07) is 4.97. The lowest BCUT2D eigenvalue weighted by molar-refractivity contribution is -0.137. The van der Waals surface area contributed by atoms with Gasteiger partial charge in [-0.25, -0.2) is 0 Å². The smallest absolute Gasteiger partial charge is 0.227 e. The summed E-state index contributed by atoms with van der Waals surface area (Å²) in [5, 5.41) is 3.82. The monoisotopic (exact) mass is 342 g/mol. The second-order valence-electron chi connectivity index (χ2n) is 5.87. The zero-order chi connectivity index (χ0) is 16.3. The molecule has 1 aliphatic rings. The number of nitrogens with zero attached hydrogens (tertiary/aromatic N) is 1. The molecule has 6 heteroatoms. The topological polar surface area (TPSA) is 49.4 Å².